The summed E-state index contributed by atoms with van der Waals surface area (Å²) in [7, 11) is 0. The van der Waals surface area contributed by atoms with Gasteiger partial charge in [0.25, 0.3) is 0 Å². The minimum atomic E-state index is -0.109. The predicted octanol–water partition coefficient (Wildman–Crippen LogP) is 2.47. The largest absolute Gasteiger partial charge is 0.463 e. The monoisotopic (exact) mass is 195 g/mol. The molecule has 0 aromatic carbocycles. The smallest absolute Gasteiger partial charge is 0.306 e. The summed E-state index contributed by atoms with van der Waals surface area (Å²) < 4.78 is 5.02. The van der Waals surface area contributed by atoms with Gasteiger partial charge in [0.2, 0.25) is 0 Å². The van der Waals surface area contributed by atoms with Crippen LogP contribution < -0.4 is 0 Å². The molecule has 0 saturated carbocycles. The van der Waals surface area contributed by atoms with Gasteiger partial charge in [-0.25, -0.2) is 0 Å². The number of aliphatic imine (C=N–C) groups is 1. The number of nitrogens with zero attached hydrogens (tertiary/aromatic N) is 1. The Hall–Kier alpha value is -1.12. The van der Waals surface area contributed by atoms with Crippen LogP contribution in [0.2, 0.25) is 0 Å². The maximum Gasteiger partial charge on any atom is 0.306 e. The van der Waals surface area contributed by atoms with E-state index in [1.165, 1.54) is 0 Å². The van der Waals surface area contributed by atoms with Gasteiger partial charge >= 0.3 is 5.97 Å². The topological polar surface area (TPSA) is 38.7 Å². The number of carbonyl (C=O) groups excluding carboxylic acids is 1. The number of hydrogen-bond donors (Lipinski definition) is 0. The van der Waals surface area contributed by atoms with Crippen molar-refractivity contribution in [2.45, 2.75) is 45.6 Å². The van der Waals surface area contributed by atoms with Gasteiger partial charge in [-0.05, 0) is 26.7 Å². The molecule has 0 aromatic rings. The lowest BCUT2D eigenvalue weighted by Crippen LogP contribution is -2.10. The third kappa shape index (κ3) is 4.21. The average molecular weight is 195 g/mol. The van der Waals surface area contributed by atoms with Crippen molar-refractivity contribution in [1.82, 2.24) is 0 Å². The molecule has 0 N–H and O–H groups in total. The van der Waals surface area contributed by atoms with Crippen LogP contribution >= 0.6 is 0 Å². The number of allylic oxidation sites excluding steroid dienone is 2. The predicted molar refractivity (Wildman–Crippen MR) is 56.3 cm³/mol. The lowest BCUT2D eigenvalue weighted by atomic mass is 10.2. The van der Waals surface area contributed by atoms with Gasteiger partial charge in [0.05, 0.1) is 6.10 Å². The zero-order valence-electron chi connectivity index (χ0n) is 8.82. The van der Waals surface area contributed by atoms with E-state index in [9.17, 15) is 4.79 Å². The van der Waals surface area contributed by atoms with E-state index in [0.29, 0.717) is 6.42 Å². The fraction of sp³-hybridized carbons (Fsp3) is 0.636. The zero-order valence-corrected chi connectivity index (χ0v) is 8.82. The highest BCUT2D eigenvalue weighted by molar-refractivity contribution is 5.69. The van der Waals surface area contributed by atoms with Gasteiger partial charge in [-0.15, -0.1) is 0 Å². The quantitative estimate of drug-likeness (QED) is 0.632. The maximum absolute atomic E-state index is 11.1. The lowest BCUT2D eigenvalue weighted by molar-refractivity contribution is -0.147. The summed E-state index contributed by atoms with van der Waals surface area (Å²) in [6, 6.07) is 0. The van der Waals surface area contributed by atoms with Crippen LogP contribution in [0.25, 0.3) is 0 Å². The molecule has 0 fully saturated rings. The molecule has 1 heterocycles. The first-order valence-electron chi connectivity index (χ1n) is 5.09. The standard InChI is InChI=1S/C11H17NO2/c1-9(2)14-11(13)7-3-5-10-6-4-8-12-10/h6,8-9H,3-5,7H2,1-2H3. The van der Waals surface area contributed by atoms with Crippen molar-refractivity contribution in [3.05, 3.63) is 11.8 Å². The first kappa shape index (κ1) is 11.0. The zero-order chi connectivity index (χ0) is 10.4. The molecule has 1 rings (SSSR count). The Morgan fingerprint density at radius 2 is 2.43 bits per heavy atom. The van der Waals surface area contributed by atoms with E-state index in [2.05, 4.69) is 11.1 Å². The summed E-state index contributed by atoms with van der Waals surface area (Å²) >= 11 is 0. The van der Waals surface area contributed by atoms with Crippen molar-refractivity contribution in [3.8, 4) is 0 Å². The van der Waals surface area contributed by atoms with Crippen LogP contribution in [-0.4, -0.2) is 18.3 Å². The highest BCUT2D eigenvalue weighted by Crippen LogP contribution is 2.13. The van der Waals surface area contributed by atoms with E-state index in [1.807, 2.05) is 20.1 Å². The van der Waals surface area contributed by atoms with Gasteiger partial charge < -0.3 is 4.74 Å². The molecule has 3 nitrogen and oxygen atoms in total. The van der Waals surface area contributed by atoms with Crippen molar-refractivity contribution < 1.29 is 9.53 Å². The molecule has 0 unspecified atom stereocenters. The summed E-state index contributed by atoms with van der Waals surface area (Å²) in [6.45, 7) is 3.73. The Morgan fingerprint density at radius 3 is 3.00 bits per heavy atom. The Kier molecular flexibility index (Phi) is 4.36. The summed E-state index contributed by atoms with van der Waals surface area (Å²) in [5.74, 6) is -0.109. The van der Waals surface area contributed by atoms with Crippen LogP contribution in [0, 0.1) is 0 Å². The third-order valence-corrected chi connectivity index (χ3v) is 1.90. The molecular weight excluding hydrogens is 178 g/mol. The first-order valence-corrected chi connectivity index (χ1v) is 5.09. The maximum atomic E-state index is 11.1. The summed E-state index contributed by atoms with van der Waals surface area (Å²) in [4.78, 5) is 15.3. The van der Waals surface area contributed by atoms with E-state index in [4.69, 9.17) is 4.74 Å². The molecule has 78 valence electrons. The lowest BCUT2D eigenvalue weighted by Gasteiger charge is -2.07. The van der Waals surface area contributed by atoms with Crippen molar-refractivity contribution in [2.75, 3.05) is 0 Å². The van der Waals surface area contributed by atoms with Crippen LogP contribution in [0.1, 0.15) is 39.5 Å². The van der Waals surface area contributed by atoms with Crippen LogP contribution in [0.5, 0.6) is 0 Å². The Morgan fingerprint density at radius 1 is 1.64 bits per heavy atom. The first-order chi connectivity index (χ1) is 6.68. The van der Waals surface area contributed by atoms with Gasteiger partial charge in [0.1, 0.15) is 0 Å². The Balaban J connectivity index is 2.09. The second-order valence-electron chi connectivity index (χ2n) is 3.64. The molecule has 0 radical (unpaired) electrons. The van der Waals surface area contributed by atoms with E-state index >= 15 is 0 Å². The molecule has 0 bridgehead atoms. The summed E-state index contributed by atoms with van der Waals surface area (Å²) in [5.41, 5.74) is 1.10. The molecule has 14 heavy (non-hydrogen) atoms. The minimum Gasteiger partial charge on any atom is -0.463 e. The number of rotatable bonds is 5. The van der Waals surface area contributed by atoms with Gasteiger partial charge in [0, 0.05) is 24.8 Å². The molecule has 0 spiro atoms. The van der Waals surface area contributed by atoms with Crippen molar-refractivity contribution in [2.24, 2.45) is 4.99 Å². The van der Waals surface area contributed by atoms with Crippen LogP contribution in [-0.2, 0) is 9.53 Å². The number of carbonyl (C=O) groups is 1. The highest BCUT2D eigenvalue weighted by atomic mass is 16.5. The van der Waals surface area contributed by atoms with E-state index in [0.717, 1.165) is 25.0 Å². The third-order valence-electron chi connectivity index (χ3n) is 1.90. The molecule has 1 aliphatic rings. The van der Waals surface area contributed by atoms with Crippen LogP contribution in [0.3, 0.4) is 0 Å². The van der Waals surface area contributed by atoms with Gasteiger partial charge in [-0.2, -0.15) is 0 Å². The number of esters is 1. The van der Waals surface area contributed by atoms with Crippen LogP contribution in [0.15, 0.2) is 16.8 Å². The number of hydrogen-bond acceptors (Lipinski definition) is 3. The molecule has 0 aromatic heterocycles. The minimum absolute atomic E-state index is 0.00813. The molecule has 0 aliphatic carbocycles. The summed E-state index contributed by atoms with van der Waals surface area (Å²) in [5, 5.41) is 0. The van der Waals surface area contributed by atoms with Crippen molar-refractivity contribution in [1.29, 1.82) is 0 Å². The van der Waals surface area contributed by atoms with E-state index in [-0.39, 0.29) is 12.1 Å². The summed E-state index contributed by atoms with van der Waals surface area (Å²) in [6.07, 6.45) is 7.11. The molecular formula is C11H17NO2. The second kappa shape index (κ2) is 5.58. The van der Waals surface area contributed by atoms with Crippen LogP contribution in [0.4, 0.5) is 0 Å². The SMILES string of the molecule is CC(C)OC(=O)CCCC1=CCC=N1. The number of ether oxygens (including phenoxy) is 1. The molecule has 0 atom stereocenters. The average Bonchev–Trinajstić information content (AvgIpc) is 2.55. The van der Waals surface area contributed by atoms with Gasteiger partial charge in [0.15, 0.2) is 0 Å². The fourth-order valence-corrected chi connectivity index (χ4v) is 1.31. The van der Waals surface area contributed by atoms with Gasteiger partial charge in [-0.3, -0.25) is 9.79 Å². The fourth-order valence-electron chi connectivity index (χ4n) is 1.31. The van der Waals surface area contributed by atoms with E-state index in [1.54, 1.807) is 0 Å². The normalized spacial score (nSPS) is 14.6. The van der Waals surface area contributed by atoms with Crippen molar-refractivity contribution >= 4 is 12.2 Å². The Bertz CT molecular complexity index is 254. The Labute approximate surface area is 84.9 Å². The molecule has 3 heteroatoms. The van der Waals surface area contributed by atoms with E-state index < -0.39 is 0 Å². The molecule has 1 aliphatic heterocycles. The second-order valence-corrected chi connectivity index (χ2v) is 3.64. The van der Waals surface area contributed by atoms with Crippen molar-refractivity contribution in [3.63, 3.8) is 0 Å². The molecule has 0 amide bonds. The molecule has 0 saturated heterocycles. The van der Waals surface area contributed by atoms with Gasteiger partial charge in [-0.1, -0.05) is 6.08 Å². The highest BCUT2D eigenvalue weighted by Gasteiger charge is 2.06.